The van der Waals surface area contributed by atoms with Gasteiger partial charge in [-0.15, -0.1) is 5.10 Å². The highest BCUT2D eigenvalue weighted by Crippen LogP contribution is 2.20. The molecule has 3 aromatic rings. The van der Waals surface area contributed by atoms with E-state index in [2.05, 4.69) is 25.7 Å². The van der Waals surface area contributed by atoms with Gasteiger partial charge in [0.15, 0.2) is 5.69 Å². The van der Waals surface area contributed by atoms with Crippen molar-refractivity contribution in [3.05, 3.63) is 29.2 Å². The van der Waals surface area contributed by atoms with Gasteiger partial charge in [0.25, 0.3) is 11.8 Å². The number of hydrogen-bond acceptors (Lipinski definition) is 6. The fourth-order valence-electron chi connectivity index (χ4n) is 2.47. The van der Waals surface area contributed by atoms with E-state index in [4.69, 9.17) is 4.42 Å². The summed E-state index contributed by atoms with van der Waals surface area (Å²) in [5, 5.41) is 18.9. The third-order valence-electron chi connectivity index (χ3n) is 3.51. The maximum absolute atomic E-state index is 12.3. The van der Waals surface area contributed by atoms with Crippen molar-refractivity contribution in [2.45, 2.75) is 33.7 Å². The summed E-state index contributed by atoms with van der Waals surface area (Å²) in [7, 11) is 1.78. The van der Waals surface area contributed by atoms with E-state index in [0.29, 0.717) is 11.4 Å². The van der Waals surface area contributed by atoms with E-state index in [1.54, 1.807) is 22.5 Å². The average Bonchev–Trinajstić information content (AvgIpc) is 3.18. The number of nitrogens with one attached hydrogen (secondary N) is 1. The molecule has 0 aliphatic rings. The number of amides is 1. The van der Waals surface area contributed by atoms with Gasteiger partial charge in [0.05, 0.1) is 5.69 Å². The molecule has 0 aliphatic carbocycles. The monoisotopic (exact) mass is 329 g/mol. The van der Waals surface area contributed by atoms with Crippen LogP contribution in [-0.2, 0) is 7.05 Å². The number of aromatic nitrogens is 6. The van der Waals surface area contributed by atoms with Crippen molar-refractivity contribution in [1.29, 1.82) is 0 Å². The van der Waals surface area contributed by atoms with Gasteiger partial charge in [0, 0.05) is 18.8 Å². The van der Waals surface area contributed by atoms with Crippen LogP contribution in [-0.4, -0.2) is 35.7 Å². The quantitative estimate of drug-likeness (QED) is 0.786. The molecule has 24 heavy (non-hydrogen) atoms. The van der Waals surface area contributed by atoms with E-state index in [1.165, 1.54) is 0 Å². The molecule has 0 aliphatic heterocycles. The van der Waals surface area contributed by atoms with Gasteiger partial charge in [0.1, 0.15) is 5.69 Å². The molecule has 0 spiro atoms. The van der Waals surface area contributed by atoms with Gasteiger partial charge in [-0.05, 0) is 39.8 Å². The molecule has 3 heterocycles. The maximum atomic E-state index is 12.3. The highest BCUT2D eigenvalue weighted by molar-refractivity contribution is 6.01. The van der Waals surface area contributed by atoms with Crippen LogP contribution in [0, 0.1) is 13.8 Å². The molecule has 0 unspecified atom stereocenters. The fourth-order valence-corrected chi connectivity index (χ4v) is 2.47. The van der Waals surface area contributed by atoms with Crippen LogP contribution in [0.1, 0.15) is 41.8 Å². The van der Waals surface area contributed by atoms with Crippen molar-refractivity contribution in [3.63, 3.8) is 0 Å². The Balaban J connectivity index is 1.78. The molecular formula is C15H19N7O2. The molecule has 126 valence electrons. The number of rotatable bonds is 4. The first-order valence-electron chi connectivity index (χ1n) is 7.57. The number of hydrogen-bond donors (Lipinski definition) is 1. The van der Waals surface area contributed by atoms with Crippen molar-refractivity contribution in [3.8, 4) is 11.6 Å². The summed E-state index contributed by atoms with van der Waals surface area (Å²) in [5.41, 5.74) is 2.73. The zero-order chi connectivity index (χ0) is 17.4. The van der Waals surface area contributed by atoms with Gasteiger partial charge in [-0.25, -0.2) is 0 Å². The highest BCUT2D eigenvalue weighted by atomic mass is 16.4. The molecule has 0 atom stereocenters. The fraction of sp³-hybridized carbons (Fsp3) is 0.400. The van der Waals surface area contributed by atoms with E-state index < -0.39 is 5.91 Å². The van der Waals surface area contributed by atoms with E-state index in [9.17, 15) is 4.79 Å². The highest BCUT2D eigenvalue weighted by Gasteiger charge is 2.18. The van der Waals surface area contributed by atoms with Crippen molar-refractivity contribution >= 4 is 11.9 Å². The zero-order valence-electron chi connectivity index (χ0n) is 14.2. The summed E-state index contributed by atoms with van der Waals surface area (Å²) >= 11 is 0. The van der Waals surface area contributed by atoms with Gasteiger partial charge < -0.3 is 4.42 Å². The van der Waals surface area contributed by atoms with Crippen molar-refractivity contribution in [1.82, 2.24) is 29.8 Å². The third kappa shape index (κ3) is 2.92. The molecule has 3 aromatic heterocycles. The second-order valence-electron chi connectivity index (χ2n) is 5.87. The minimum Gasteiger partial charge on any atom is -0.401 e. The van der Waals surface area contributed by atoms with Gasteiger partial charge in [-0.1, -0.05) is 5.10 Å². The zero-order valence-corrected chi connectivity index (χ0v) is 14.2. The lowest BCUT2D eigenvalue weighted by atomic mass is 10.3. The lowest BCUT2D eigenvalue weighted by molar-refractivity contribution is 0.101. The SMILES string of the molecule is Cc1cc(-c2nnc(NC(=O)c3cc(C)n(C(C)C)n3)o2)n(C)n1. The normalized spacial score (nSPS) is 11.2. The molecule has 0 saturated heterocycles. The number of nitrogens with zero attached hydrogens (tertiary/aromatic N) is 6. The third-order valence-corrected chi connectivity index (χ3v) is 3.51. The van der Waals surface area contributed by atoms with Crippen LogP contribution in [0.15, 0.2) is 16.5 Å². The van der Waals surface area contributed by atoms with Crippen LogP contribution in [0.3, 0.4) is 0 Å². The first-order chi connectivity index (χ1) is 11.3. The average molecular weight is 329 g/mol. The Bertz CT molecular complexity index is 888. The Kier molecular flexibility index (Phi) is 3.92. The summed E-state index contributed by atoms with van der Waals surface area (Å²) in [6.07, 6.45) is 0. The van der Waals surface area contributed by atoms with Crippen molar-refractivity contribution in [2.75, 3.05) is 5.32 Å². The molecular weight excluding hydrogens is 310 g/mol. The molecule has 0 aromatic carbocycles. The van der Waals surface area contributed by atoms with Gasteiger partial charge >= 0.3 is 6.01 Å². The van der Waals surface area contributed by atoms with Gasteiger partial charge in [-0.2, -0.15) is 10.2 Å². The number of aryl methyl sites for hydroxylation is 3. The van der Waals surface area contributed by atoms with Crippen LogP contribution in [0.2, 0.25) is 0 Å². The summed E-state index contributed by atoms with van der Waals surface area (Å²) in [4.78, 5) is 12.3. The number of anilines is 1. The van der Waals surface area contributed by atoms with E-state index in [-0.39, 0.29) is 17.9 Å². The van der Waals surface area contributed by atoms with Crippen molar-refractivity contribution < 1.29 is 9.21 Å². The largest absolute Gasteiger partial charge is 0.401 e. The summed E-state index contributed by atoms with van der Waals surface area (Å²) in [6, 6.07) is 3.74. The van der Waals surface area contributed by atoms with Gasteiger partial charge in [0.2, 0.25) is 0 Å². The number of carbonyl (C=O) groups is 1. The van der Waals surface area contributed by atoms with Crippen LogP contribution >= 0.6 is 0 Å². The topological polar surface area (TPSA) is 104 Å². The Morgan fingerprint density at radius 1 is 1.21 bits per heavy atom. The Hall–Kier alpha value is -2.97. The molecule has 1 N–H and O–H groups in total. The van der Waals surface area contributed by atoms with Crippen LogP contribution in [0.5, 0.6) is 0 Å². The molecule has 9 heteroatoms. The standard InChI is InChI=1S/C15H19N7O2/c1-8(2)22-10(4)7-11(20-22)13(23)16-15-18-17-14(24-15)12-6-9(3)19-21(12)5/h6-8H,1-5H3,(H,16,18,23). The van der Waals surface area contributed by atoms with Crippen LogP contribution in [0.4, 0.5) is 6.01 Å². The molecule has 9 nitrogen and oxygen atoms in total. The lowest BCUT2D eigenvalue weighted by Gasteiger charge is -2.06. The molecule has 1 amide bonds. The van der Waals surface area contributed by atoms with Crippen molar-refractivity contribution in [2.24, 2.45) is 7.05 Å². The second-order valence-corrected chi connectivity index (χ2v) is 5.87. The molecule has 0 saturated carbocycles. The maximum Gasteiger partial charge on any atom is 0.322 e. The predicted octanol–water partition coefficient (Wildman–Crippen LogP) is 2.12. The minimum atomic E-state index is -0.395. The first-order valence-corrected chi connectivity index (χ1v) is 7.57. The predicted molar refractivity (Wildman–Crippen MR) is 86.5 cm³/mol. The molecule has 0 fully saturated rings. The second kappa shape index (κ2) is 5.91. The minimum absolute atomic E-state index is 0.0191. The smallest absolute Gasteiger partial charge is 0.322 e. The summed E-state index contributed by atoms with van der Waals surface area (Å²) in [6.45, 7) is 7.78. The Morgan fingerprint density at radius 3 is 2.54 bits per heavy atom. The summed E-state index contributed by atoms with van der Waals surface area (Å²) < 4.78 is 8.92. The lowest BCUT2D eigenvalue weighted by Crippen LogP contribution is -2.14. The first kappa shape index (κ1) is 15.9. The Labute approximate surface area is 138 Å². The van der Waals surface area contributed by atoms with Gasteiger partial charge in [-0.3, -0.25) is 19.5 Å². The van der Waals surface area contributed by atoms with Crippen LogP contribution in [0.25, 0.3) is 11.6 Å². The van der Waals surface area contributed by atoms with Crippen LogP contribution < -0.4 is 5.32 Å². The Morgan fingerprint density at radius 2 is 1.96 bits per heavy atom. The summed E-state index contributed by atoms with van der Waals surface area (Å²) in [5.74, 6) is -0.105. The van der Waals surface area contributed by atoms with E-state index in [0.717, 1.165) is 11.4 Å². The molecule has 0 bridgehead atoms. The van der Waals surface area contributed by atoms with E-state index in [1.807, 2.05) is 33.8 Å². The molecule has 3 rings (SSSR count). The number of carbonyl (C=O) groups excluding carboxylic acids is 1. The molecule has 0 radical (unpaired) electrons. The van der Waals surface area contributed by atoms with E-state index >= 15 is 0 Å².